The van der Waals surface area contributed by atoms with Gasteiger partial charge < -0.3 is 40.4 Å². The minimum atomic E-state index is -1.65. The molecule has 3 amide bonds. The second kappa shape index (κ2) is 18.9. The van der Waals surface area contributed by atoms with Crippen LogP contribution in [0.3, 0.4) is 0 Å². The van der Waals surface area contributed by atoms with E-state index in [1.54, 1.807) is 0 Å². The Morgan fingerprint density at radius 2 is 1.13 bits per heavy atom. The third-order valence-corrected chi connectivity index (χ3v) is 10.2. The largest absolute Gasteiger partial charge is 1.00 e. The molecule has 0 spiro atoms. The number of carboxylic acid groups (broad SMARTS) is 2. The van der Waals surface area contributed by atoms with E-state index in [4.69, 9.17) is 14.6 Å². The number of amides is 3. The van der Waals surface area contributed by atoms with E-state index in [-0.39, 0.29) is 60.4 Å². The van der Waals surface area contributed by atoms with Crippen LogP contribution in [0.4, 0.5) is 9.59 Å². The number of carbonyl (C=O) groups excluding carboxylic acids is 5. The Bertz CT molecular complexity index is 2000. The molecule has 2 aliphatic rings. The number of ether oxygens (including phenoxy) is 2. The van der Waals surface area contributed by atoms with E-state index in [2.05, 4.69) is 16.0 Å². The molecule has 0 aliphatic heterocycles. The van der Waals surface area contributed by atoms with Crippen LogP contribution >= 0.6 is 11.8 Å². The van der Waals surface area contributed by atoms with E-state index in [1.165, 1.54) is 0 Å². The fourth-order valence-corrected chi connectivity index (χ4v) is 7.51. The zero-order valence-electron chi connectivity index (χ0n) is 29.8. The predicted octanol–water partition coefficient (Wildman–Crippen LogP) is 0.796. The molecule has 4 N–H and O–H groups in total. The van der Waals surface area contributed by atoms with Gasteiger partial charge in [0.15, 0.2) is 0 Å². The van der Waals surface area contributed by atoms with Crippen molar-refractivity contribution in [1.29, 1.82) is 0 Å². The molecular weight excluding hydrogens is 738 g/mol. The molecule has 0 saturated heterocycles. The summed E-state index contributed by atoms with van der Waals surface area (Å²) < 4.78 is 11.0. The predicted molar refractivity (Wildman–Crippen MR) is 196 cm³/mol. The van der Waals surface area contributed by atoms with Crippen LogP contribution in [0, 0.1) is 0 Å². The number of rotatable bonds is 15. The van der Waals surface area contributed by atoms with Crippen LogP contribution in [-0.4, -0.2) is 77.8 Å². The maximum Gasteiger partial charge on any atom is 1.00 e. The number of carboxylic acids is 2. The summed E-state index contributed by atoms with van der Waals surface area (Å²) in [6.07, 6.45) is -1.90. The topological polar surface area (TPSA) is 200 Å². The molecule has 0 heterocycles. The van der Waals surface area contributed by atoms with Crippen molar-refractivity contribution < 1.29 is 78.0 Å². The first-order valence-electron chi connectivity index (χ1n) is 17.2. The Morgan fingerprint density at radius 1 is 0.673 bits per heavy atom. The van der Waals surface area contributed by atoms with Crippen molar-refractivity contribution in [3.63, 3.8) is 0 Å². The third-order valence-electron chi connectivity index (χ3n) is 9.34. The molecule has 0 radical (unpaired) electrons. The molecule has 0 saturated carbocycles. The number of aliphatic carboxylic acids is 2. The summed E-state index contributed by atoms with van der Waals surface area (Å²) in [5.74, 6) is -5.42. The normalized spacial score (nSPS) is 13.4. The van der Waals surface area contributed by atoms with Crippen molar-refractivity contribution in [2.45, 2.75) is 36.8 Å². The summed E-state index contributed by atoms with van der Waals surface area (Å²) in [5.41, 5.74) is 8.11. The molecule has 2 unspecified atom stereocenters. The van der Waals surface area contributed by atoms with E-state index in [9.17, 15) is 33.9 Å². The zero-order chi connectivity index (χ0) is 38.2. The van der Waals surface area contributed by atoms with Gasteiger partial charge in [0, 0.05) is 24.0 Å². The number of nitrogens with one attached hydrogen (secondary N) is 3. The first kappa shape index (κ1) is 41.0. The summed E-state index contributed by atoms with van der Waals surface area (Å²) in [6, 6.07) is 28.1. The van der Waals surface area contributed by atoms with Crippen LogP contribution in [0.1, 0.15) is 46.9 Å². The number of thioether (sulfide) groups is 1. The van der Waals surface area contributed by atoms with E-state index in [0.29, 0.717) is 11.8 Å². The minimum Gasteiger partial charge on any atom is -0.548 e. The zero-order valence-corrected chi connectivity index (χ0v) is 32.6. The quantitative estimate of drug-likeness (QED) is 0.0984. The van der Waals surface area contributed by atoms with E-state index < -0.39 is 66.6 Å². The molecule has 278 valence electrons. The molecule has 2 aliphatic carbocycles. The SMILES string of the molecule is O=C(O)CNC(=O)C(CSC(=O)OCC1c2ccccc2-c2ccccc21)NC(=O)CCC(NC(=O)OCC1c2ccccc2-c2ccccc21)C(=O)[O-].[Na+]. The number of fused-ring (bicyclic) bond motifs is 6. The van der Waals surface area contributed by atoms with Crippen molar-refractivity contribution in [1.82, 2.24) is 16.0 Å². The second-order valence-electron chi connectivity index (χ2n) is 12.7. The van der Waals surface area contributed by atoms with Gasteiger partial charge >= 0.3 is 46.9 Å². The summed E-state index contributed by atoms with van der Waals surface area (Å²) >= 11 is 0.618. The number of alkyl carbamates (subject to hydrolysis) is 1. The van der Waals surface area contributed by atoms with E-state index in [1.807, 2.05) is 97.1 Å². The van der Waals surface area contributed by atoms with Gasteiger partial charge in [-0.2, -0.15) is 0 Å². The average Bonchev–Trinajstić information content (AvgIpc) is 3.67. The third kappa shape index (κ3) is 9.94. The van der Waals surface area contributed by atoms with Crippen molar-refractivity contribution in [3.8, 4) is 22.3 Å². The van der Waals surface area contributed by atoms with Crippen LogP contribution < -0.4 is 50.6 Å². The number of carbonyl (C=O) groups is 6. The van der Waals surface area contributed by atoms with Crippen LogP contribution in [0.5, 0.6) is 0 Å². The van der Waals surface area contributed by atoms with Crippen LogP contribution in [0.25, 0.3) is 22.3 Å². The Balaban J connectivity index is 0.00000580. The molecule has 0 aromatic heterocycles. The van der Waals surface area contributed by atoms with Crippen molar-refractivity contribution in [2.75, 3.05) is 25.5 Å². The number of hydrogen-bond donors (Lipinski definition) is 4. The van der Waals surface area contributed by atoms with Gasteiger partial charge in [-0.3, -0.25) is 14.4 Å². The molecule has 4 aromatic rings. The van der Waals surface area contributed by atoms with Crippen molar-refractivity contribution >= 4 is 46.9 Å². The summed E-state index contributed by atoms with van der Waals surface area (Å²) in [4.78, 5) is 74.3. The first-order valence-corrected chi connectivity index (χ1v) is 18.2. The van der Waals surface area contributed by atoms with Crippen LogP contribution in [0.2, 0.25) is 0 Å². The Kier molecular flexibility index (Phi) is 14.1. The fourth-order valence-electron chi connectivity index (χ4n) is 6.83. The van der Waals surface area contributed by atoms with Gasteiger partial charge in [-0.25, -0.2) is 9.59 Å². The molecule has 13 nitrogen and oxygen atoms in total. The van der Waals surface area contributed by atoms with Gasteiger partial charge in [-0.05, 0) is 62.7 Å². The maximum atomic E-state index is 12.9. The van der Waals surface area contributed by atoms with Crippen LogP contribution in [0.15, 0.2) is 97.1 Å². The molecule has 4 aromatic carbocycles. The molecule has 55 heavy (non-hydrogen) atoms. The van der Waals surface area contributed by atoms with Crippen molar-refractivity contribution in [2.24, 2.45) is 0 Å². The van der Waals surface area contributed by atoms with Gasteiger partial charge in [-0.1, -0.05) is 97.1 Å². The molecule has 0 bridgehead atoms. The Morgan fingerprint density at radius 3 is 1.58 bits per heavy atom. The first-order chi connectivity index (χ1) is 26.1. The Hall–Kier alpha value is -5.15. The van der Waals surface area contributed by atoms with Gasteiger partial charge in [0.25, 0.3) is 0 Å². The van der Waals surface area contributed by atoms with Crippen LogP contribution in [-0.2, 0) is 28.7 Å². The average molecular weight is 774 g/mol. The maximum absolute atomic E-state index is 12.9. The van der Waals surface area contributed by atoms with E-state index >= 15 is 0 Å². The standard InChI is InChI=1S/C40H37N3O10S.Na/c44-35(18-17-33(38(48)49)43-39(50)52-20-31-27-13-5-1-9-23(27)24-10-2-6-14-28(24)31)42-34(37(47)41-19-36(45)46)22-54-40(51)53-21-32-29-15-7-3-11-25(29)26-12-4-8-16-30(26)32;/h1-16,31-34H,17-22H2,(H,41,47)(H,42,44)(H,43,50)(H,45,46)(H,48,49);/q;+1/p-1. The summed E-state index contributed by atoms with van der Waals surface area (Å²) in [7, 11) is 0. The monoisotopic (exact) mass is 773 g/mol. The van der Waals surface area contributed by atoms with Gasteiger partial charge in [0.1, 0.15) is 25.8 Å². The molecule has 0 fully saturated rings. The summed E-state index contributed by atoms with van der Waals surface area (Å²) in [6.45, 7) is -0.768. The number of benzene rings is 4. The smallest absolute Gasteiger partial charge is 0.548 e. The molecule has 15 heteroatoms. The minimum absolute atomic E-state index is 0. The number of hydrogen-bond acceptors (Lipinski definition) is 10. The van der Waals surface area contributed by atoms with Gasteiger partial charge in [0.05, 0.1) is 12.0 Å². The molecule has 6 rings (SSSR count). The molecular formula is C40H36N3NaO10S. The summed E-state index contributed by atoms with van der Waals surface area (Å²) in [5, 5.41) is 27.0. The fraction of sp³-hybridized carbons (Fsp3) is 0.250. The van der Waals surface area contributed by atoms with Gasteiger partial charge in [-0.15, -0.1) is 0 Å². The molecule has 2 atom stereocenters. The van der Waals surface area contributed by atoms with Crippen molar-refractivity contribution in [3.05, 3.63) is 119 Å². The second-order valence-corrected chi connectivity index (χ2v) is 13.7. The Labute approximate surface area is 342 Å². The van der Waals surface area contributed by atoms with Gasteiger partial charge in [0.2, 0.25) is 11.8 Å². The van der Waals surface area contributed by atoms with E-state index in [0.717, 1.165) is 44.5 Å².